The highest BCUT2D eigenvalue weighted by Gasteiger charge is 2.30. The summed E-state index contributed by atoms with van der Waals surface area (Å²) in [6, 6.07) is 14.9. The SMILES string of the molecule is Cc1nc(CCNC(=O)C(CCC(=O)O)NC(=O)OCC2c3ccccc3-c3ccccc32)no1. The number of carboxylic acids is 1. The van der Waals surface area contributed by atoms with Crippen LogP contribution in [0.4, 0.5) is 4.79 Å². The maximum Gasteiger partial charge on any atom is 0.407 e. The molecule has 1 heterocycles. The molecule has 3 N–H and O–H groups in total. The quantitative estimate of drug-likeness (QED) is 0.404. The number of aryl methyl sites for hydroxylation is 1. The van der Waals surface area contributed by atoms with Crippen LogP contribution < -0.4 is 10.6 Å². The van der Waals surface area contributed by atoms with Crippen molar-refractivity contribution in [3.8, 4) is 11.1 Å². The molecule has 1 aliphatic carbocycles. The van der Waals surface area contributed by atoms with Gasteiger partial charge in [-0.1, -0.05) is 53.7 Å². The van der Waals surface area contributed by atoms with E-state index in [4.69, 9.17) is 14.4 Å². The number of carboxylic acid groups (broad SMARTS) is 1. The molecule has 0 fully saturated rings. The summed E-state index contributed by atoms with van der Waals surface area (Å²) in [6.07, 6.45) is -0.816. The van der Waals surface area contributed by atoms with Crippen molar-refractivity contribution in [2.45, 2.75) is 38.1 Å². The van der Waals surface area contributed by atoms with Gasteiger partial charge in [0.05, 0.1) is 0 Å². The summed E-state index contributed by atoms with van der Waals surface area (Å²) in [5.41, 5.74) is 4.34. The van der Waals surface area contributed by atoms with Gasteiger partial charge >= 0.3 is 12.1 Å². The smallest absolute Gasteiger partial charge is 0.407 e. The molecule has 182 valence electrons. The second-order valence-corrected chi connectivity index (χ2v) is 8.23. The molecule has 35 heavy (non-hydrogen) atoms. The molecule has 10 heteroatoms. The van der Waals surface area contributed by atoms with Crippen molar-refractivity contribution in [3.63, 3.8) is 0 Å². The van der Waals surface area contributed by atoms with Crippen LogP contribution in [0.3, 0.4) is 0 Å². The van der Waals surface area contributed by atoms with Crippen molar-refractivity contribution in [2.75, 3.05) is 13.2 Å². The Morgan fingerprint density at radius 1 is 1.09 bits per heavy atom. The summed E-state index contributed by atoms with van der Waals surface area (Å²) in [5.74, 6) is -0.853. The molecule has 4 rings (SSSR count). The summed E-state index contributed by atoms with van der Waals surface area (Å²) >= 11 is 0. The van der Waals surface area contributed by atoms with E-state index >= 15 is 0 Å². The van der Waals surface area contributed by atoms with Gasteiger partial charge in [0.25, 0.3) is 0 Å². The second kappa shape index (κ2) is 10.8. The number of aromatic nitrogens is 2. The third-order valence-electron chi connectivity index (χ3n) is 5.82. The maximum atomic E-state index is 12.6. The zero-order chi connectivity index (χ0) is 24.8. The van der Waals surface area contributed by atoms with Crippen LogP contribution in [0.5, 0.6) is 0 Å². The number of carbonyl (C=O) groups excluding carboxylic acids is 2. The summed E-state index contributed by atoms with van der Waals surface area (Å²) < 4.78 is 10.4. The number of fused-ring (bicyclic) bond motifs is 3. The molecule has 3 aromatic rings. The topological polar surface area (TPSA) is 144 Å². The normalized spacial score (nSPS) is 12.9. The molecule has 0 aliphatic heterocycles. The van der Waals surface area contributed by atoms with E-state index < -0.39 is 24.0 Å². The van der Waals surface area contributed by atoms with Gasteiger partial charge < -0.3 is 25.0 Å². The van der Waals surface area contributed by atoms with Gasteiger partial charge in [-0.2, -0.15) is 4.98 Å². The Labute approximate surface area is 201 Å². The van der Waals surface area contributed by atoms with Gasteiger partial charge in [0.1, 0.15) is 12.6 Å². The van der Waals surface area contributed by atoms with Gasteiger partial charge in [0.15, 0.2) is 5.82 Å². The molecule has 0 saturated heterocycles. The number of alkyl carbamates (subject to hydrolysis) is 1. The molecule has 1 aliphatic rings. The molecule has 2 aromatic carbocycles. The number of carbonyl (C=O) groups is 3. The molecule has 0 radical (unpaired) electrons. The van der Waals surface area contributed by atoms with Crippen LogP contribution in [0, 0.1) is 6.92 Å². The summed E-state index contributed by atoms with van der Waals surface area (Å²) in [4.78, 5) is 40.3. The minimum Gasteiger partial charge on any atom is -0.481 e. The fourth-order valence-corrected chi connectivity index (χ4v) is 4.18. The van der Waals surface area contributed by atoms with E-state index in [1.807, 2.05) is 48.5 Å². The van der Waals surface area contributed by atoms with Crippen molar-refractivity contribution in [3.05, 3.63) is 71.4 Å². The third kappa shape index (κ3) is 5.84. The number of ether oxygens (including phenoxy) is 1. The van der Waals surface area contributed by atoms with E-state index in [1.54, 1.807) is 6.92 Å². The lowest BCUT2D eigenvalue weighted by molar-refractivity contribution is -0.137. The van der Waals surface area contributed by atoms with Gasteiger partial charge in [-0.25, -0.2) is 4.79 Å². The average molecular weight is 479 g/mol. The van der Waals surface area contributed by atoms with Crippen molar-refractivity contribution >= 4 is 18.0 Å². The molecule has 1 unspecified atom stereocenters. The molecule has 2 amide bonds. The lowest BCUT2D eigenvalue weighted by Crippen LogP contribution is -2.47. The largest absolute Gasteiger partial charge is 0.481 e. The standard InChI is InChI=1S/C25H26N4O6/c1-15-27-22(29-35-15)12-13-26-24(32)21(10-11-23(30)31)28-25(33)34-14-20-18-8-4-2-6-16(18)17-7-3-5-9-19(17)20/h2-9,20-21H,10-14H2,1H3,(H,26,32)(H,28,33)(H,30,31). The number of amides is 2. The minimum absolute atomic E-state index is 0.0767. The monoisotopic (exact) mass is 478 g/mol. The Hall–Kier alpha value is -4.21. The third-order valence-corrected chi connectivity index (χ3v) is 5.82. The van der Waals surface area contributed by atoms with Crippen molar-refractivity contribution in [1.29, 1.82) is 0 Å². The highest BCUT2D eigenvalue weighted by molar-refractivity contribution is 5.86. The first kappa shape index (κ1) is 23.9. The van der Waals surface area contributed by atoms with Crippen molar-refractivity contribution < 1.29 is 28.8 Å². The Bertz CT molecular complexity index is 1180. The van der Waals surface area contributed by atoms with E-state index in [9.17, 15) is 14.4 Å². The summed E-state index contributed by atoms with van der Waals surface area (Å²) in [6.45, 7) is 1.95. The van der Waals surface area contributed by atoms with Crippen LogP contribution >= 0.6 is 0 Å². The fraction of sp³-hybridized carbons (Fsp3) is 0.320. The second-order valence-electron chi connectivity index (χ2n) is 8.23. The van der Waals surface area contributed by atoms with Crippen LogP contribution in [0.15, 0.2) is 53.1 Å². The number of benzene rings is 2. The van der Waals surface area contributed by atoms with Gasteiger partial charge in [0, 0.05) is 32.2 Å². The first-order valence-corrected chi connectivity index (χ1v) is 11.3. The first-order valence-electron chi connectivity index (χ1n) is 11.3. The average Bonchev–Trinajstić information content (AvgIpc) is 3.41. The lowest BCUT2D eigenvalue weighted by atomic mass is 9.98. The lowest BCUT2D eigenvalue weighted by Gasteiger charge is -2.19. The van der Waals surface area contributed by atoms with Gasteiger partial charge in [-0.15, -0.1) is 0 Å². The fourth-order valence-electron chi connectivity index (χ4n) is 4.18. The van der Waals surface area contributed by atoms with Crippen molar-refractivity contribution in [2.24, 2.45) is 0 Å². The van der Waals surface area contributed by atoms with Gasteiger partial charge in [-0.05, 0) is 28.7 Å². The first-order chi connectivity index (χ1) is 16.9. The molecular weight excluding hydrogens is 452 g/mol. The Morgan fingerprint density at radius 2 is 1.74 bits per heavy atom. The van der Waals surface area contributed by atoms with E-state index in [0.29, 0.717) is 18.1 Å². The Balaban J connectivity index is 1.35. The Kier molecular flexibility index (Phi) is 7.39. The number of nitrogens with zero attached hydrogens (tertiary/aromatic N) is 2. The highest BCUT2D eigenvalue weighted by Crippen LogP contribution is 2.44. The zero-order valence-corrected chi connectivity index (χ0v) is 19.2. The van der Waals surface area contributed by atoms with Gasteiger partial charge in [-0.3, -0.25) is 9.59 Å². The van der Waals surface area contributed by atoms with E-state index in [0.717, 1.165) is 22.3 Å². The number of nitrogens with one attached hydrogen (secondary N) is 2. The molecule has 10 nitrogen and oxygen atoms in total. The van der Waals surface area contributed by atoms with Gasteiger partial charge in [0.2, 0.25) is 11.8 Å². The van der Waals surface area contributed by atoms with E-state index in [2.05, 4.69) is 20.8 Å². The number of aliphatic carboxylic acids is 1. The molecule has 0 spiro atoms. The zero-order valence-electron chi connectivity index (χ0n) is 19.2. The predicted octanol–water partition coefficient (Wildman–Crippen LogP) is 2.81. The number of rotatable bonds is 10. The minimum atomic E-state index is -1.07. The summed E-state index contributed by atoms with van der Waals surface area (Å²) in [7, 11) is 0. The molecule has 0 bridgehead atoms. The van der Waals surface area contributed by atoms with Crippen LogP contribution in [-0.2, 0) is 20.7 Å². The Morgan fingerprint density at radius 3 is 2.34 bits per heavy atom. The molecule has 1 atom stereocenters. The van der Waals surface area contributed by atoms with E-state index in [-0.39, 0.29) is 31.9 Å². The van der Waals surface area contributed by atoms with Crippen LogP contribution in [0.1, 0.15) is 41.6 Å². The maximum absolute atomic E-state index is 12.6. The van der Waals surface area contributed by atoms with Crippen LogP contribution in [0.2, 0.25) is 0 Å². The highest BCUT2D eigenvalue weighted by atomic mass is 16.5. The number of hydrogen-bond donors (Lipinski definition) is 3. The molecular formula is C25H26N4O6. The predicted molar refractivity (Wildman–Crippen MR) is 125 cm³/mol. The molecule has 1 aromatic heterocycles. The van der Waals surface area contributed by atoms with Crippen molar-refractivity contribution in [1.82, 2.24) is 20.8 Å². The van der Waals surface area contributed by atoms with Crippen LogP contribution in [-0.4, -0.2) is 52.4 Å². The molecule has 0 saturated carbocycles. The van der Waals surface area contributed by atoms with E-state index in [1.165, 1.54) is 0 Å². The summed E-state index contributed by atoms with van der Waals surface area (Å²) in [5, 5.41) is 18.0. The number of hydrogen-bond acceptors (Lipinski definition) is 7. The van der Waals surface area contributed by atoms with Crippen LogP contribution in [0.25, 0.3) is 11.1 Å².